The third kappa shape index (κ3) is 5.30. The van der Waals surface area contributed by atoms with Crippen molar-refractivity contribution in [1.29, 1.82) is 0 Å². The number of thiazole rings is 1. The van der Waals surface area contributed by atoms with Crippen LogP contribution < -0.4 is 10.6 Å². The fourth-order valence-corrected chi connectivity index (χ4v) is 3.50. The van der Waals surface area contributed by atoms with Crippen molar-refractivity contribution in [3.8, 4) is 0 Å². The molecule has 0 radical (unpaired) electrons. The molecule has 1 aromatic carbocycles. The number of halogens is 2. The summed E-state index contributed by atoms with van der Waals surface area (Å²) < 4.78 is 14.6. The molecule has 152 valence electrons. The van der Waals surface area contributed by atoms with Gasteiger partial charge in [-0.3, -0.25) is 14.8 Å². The largest absolute Gasteiger partial charge is 0.334 e. The number of benzene rings is 1. The molecule has 11 heteroatoms. The molecule has 3 rings (SSSR count). The minimum atomic E-state index is -0.457. The van der Waals surface area contributed by atoms with Crippen molar-refractivity contribution in [2.45, 2.75) is 13.1 Å². The molecule has 0 bridgehead atoms. The quantitative estimate of drug-likeness (QED) is 0.620. The second-order valence-corrected chi connectivity index (χ2v) is 7.47. The number of hydrogen-bond acceptors (Lipinski definition) is 5. The highest BCUT2D eigenvalue weighted by molar-refractivity contribution is 7.13. The van der Waals surface area contributed by atoms with E-state index in [1.807, 2.05) is 0 Å². The second-order valence-electron chi connectivity index (χ2n) is 6.21. The van der Waals surface area contributed by atoms with Gasteiger partial charge in [-0.15, -0.1) is 11.3 Å². The number of urea groups is 1. The average Bonchev–Trinajstić information content (AvgIpc) is 3.25. The summed E-state index contributed by atoms with van der Waals surface area (Å²) in [6, 6.07) is 5.52. The van der Waals surface area contributed by atoms with Crippen LogP contribution in [0.5, 0.6) is 0 Å². The van der Waals surface area contributed by atoms with Crippen LogP contribution in [0.15, 0.2) is 35.8 Å². The molecule has 3 aromatic rings. The van der Waals surface area contributed by atoms with E-state index in [1.54, 1.807) is 31.6 Å². The third-order valence-corrected chi connectivity index (χ3v) is 5.04. The van der Waals surface area contributed by atoms with Gasteiger partial charge in [-0.1, -0.05) is 23.7 Å². The highest BCUT2D eigenvalue weighted by Crippen LogP contribution is 2.19. The Morgan fingerprint density at radius 2 is 2.17 bits per heavy atom. The third-order valence-electron chi connectivity index (χ3n) is 3.96. The Hall–Kier alpha value is -2.98. The second kappa shape index (κ2) is 9.01. The number of aromatic nitrogens is 3. The van der Waals surface area contributed by atoms with Gasteiger partial charge in [0.2, 0.25) is 0 Å². The maximum atomic E-state index is 13.2. The lowest BCUT2D eigenvalue weighted by molar-refractivity contribution is 0.0773. The monoisotopic (exact) mass is 436 g/mol. The van der Waals surface area contributed by atoms with Crippen molar-refractivity contribution in [2.24, 2.45) is 7.05 Å². The molecule has 0 aliphatic carbocycles. The van der Waals surface area contributed by atoms with E-state index in [0.29, 0.717) is 22.1 Å². The standard InChI is InChI=1S/C18H18ClFN6O2S/c1-25(16(27)15-14(19)8-22-26(15)2)9-13-10-29-18(23-13)24-17(28)21-7-11-4-3-5-12(20)6-11/h3-6,8,10H,7,9H2,1-2H3,(H2,21,23,24,28). The van der Waals surface area contributed by atoms with E-state index >= 15 is 0 Å². The molecule has 29 heavy (non-hydrogen) atoms. The van der Waals surface area contributed by atoms with Gasteiger partial charge in [0.1, 0.15) is 11.5 Å². The Balaban J connectivity index is 1.53. The van der Waals surface area contributed by atoms with Crippen LogP contribution in [0.3, 0.4) is 0 Å². The number of carbonyl (C=O) groups is 2. The van der Waals surface area contributed by atoms with Gasteiger partial charge in [-0.25, -0.2) is 14.2 Å². The molecule has 3 amide bonds. The molecule has 8 nitrogen and oxygen atoms in total. The SMILES string of the molecule is CN(Cc1csc(NC(=O)NCc2cccc(F)c2)n1)C(=O)c1c(Cl)cnn1C. The van der Waals surface area contributed by atoms with E-state index < -0.39 is 6.03 Å². The van der Waals surface area contributed by atoms with Crippen molar-refractivity contribution >= 4 is 40.0 Å². The summed E-state index contributed by atoms with van der Waals surface area (Å²) >= 11 is 7.25. The summed E-state index contributed by atoms with van der Waals surface area (Å²) in [4.78, 5) is 30.3. The molecule has 0 fully saturated rings. The van der Waals surface area contributed by atoms with Crippen molar-refractivity contribution in [2.75, 3.05) is 12.4 Å². The van der Waals surface area contributed by atoms with Gasteiger partial charge in [-0.2, -0.15) is 5.10 Å². The summed E-state index contributed by atoms with van der Waals surface area (Å²) in [5.74, 6) is -0.648. The molecule has 0 saturated heterocycles. The van der Waals surface area contributed by atoms with Crippen LogP contribution in [0.25, 0.3) is 0 Å². The van der Waals surface area contributed by atoms with Crippen molar-refractivity contribution < 1.29 is 14.0 Å². The fourth-order valence-electron chi connectivity index (χ4n) is 2.55. The molecule has 0 aliphatic rings. The normalized spacial score (nSPS) is 10.6. The summed E-state index contributed by atoms with van der Waals surface area (Å²) in [5, 5.41) is 11.6. The Morgan fingerprint density at radius 1 is 1.38 bits per heavy atom. The topological polar surface area (TPSA) is 92.2 Å². The van der Waals surface area contributed by atoms with Crippen molar-refractivity contribution in [3.63, 3.8) is 0 Å². The van der Waals surface area contributed by atoms with Crippen LogP contribution in [0, 0.1) is 5.82 Å². The minimum Gasteiger partial charge on any atom is -0.334 e. The number of carbonyl (C=O) groups excluding carboxylic acids is 2. The van der Waals surface area contributed by atoms with E-state index in [9.17, 15) is 14.0 Å². The highest BCUT2D eigenvalue weighted by atomic mass is 35.5. The minimum absolute atomic E-state index is 0.185. The Kier molecular flexibility index (Phi) is 6.45. The maximum Gasteiger partial charge on any atom is 0.321 e. The summed E-state index contributed by atoms with van der Waals surface area (Å²) in [6.45, 7) is 0.425. The molecule has 0 unspecified atom stereocenters. The predicted octanol–water partition coefficient (Wildman–Crippen LogP) is 3.26. The van der Waals surface area contributed by atoms with E-state index in [4.69, 9.17) is 11.6 Å². The molecular weight excluding hydrogens is 419 g/mol. The maximum absolute atomic E-state index is 13.2. The molecule has 0 saturated carbocycles. The fraction of sp³-hybridized carbons (Fsp3) is 0.222. The number of anilines is 1. The number of hydrogen-bond donors (Lipinski definition) is 2. The number of nitrogens with zero attached hydrogens (tertiary/aromatic N) is 4. The number of amides is 3. The Labute approximate surface area is 175 Å². The van der Waals surface area contributed by atoms with E-state index in [-0.39, 0.29) is 29.8 Å². The van der Waals surface area contributed by atoms with Gasteiger partial charge in [0.05, 0.1) is 23.5 Å². The molecule has 0 aliphatic heterocycles. The lowest BCUT2D eigenvalue weighted by atomic mass is 10.2. The van der Waals surface area contributed by atoms with Crippen LogP contribution in [0.4, 0.5) is 14.3 Å². The predicted molar refractivity (Wildman–Crippen MR) is 108 cm³/mol. The first-order valence-corrected chi connectivity index (χ1v) is 9.76. The Morgan fingerprint density at radius 3 is 2.86 bits per heavy atom. The molecular formula is C18H18ClFN6O2S. The highest BCUT2D eigenvalue weighted by Gasteiger charge is 2.20. The summed E-state index contributed by atoms with van der Waals surface area (Å²) in [7, 11) is 3.27. The van der Waals surface area contributed by atoms with Crippen molar-refractivity contribution in [1.82, 2.24) is 25.0 Å². The average molecular weight is 437 g/mol. The van der Waals surface area contributed by atoms with E-state index in [2.05, 4.69) is 20.7 Å². The molecule has 0 atom stereocenters. The number of nitrogens with one attached hydrogen (secondary N) is 2. The molecule has 2 aromatic heterocycles. The van der Waals surface area contributed by atoms with Crippen LogP contribution in [-0.4, -0.2) is 38.7 Å². The zero-order valence-corrected chi connectivity index (χ0v) is 17.2. The van der Waals surface area contributed by atoms with Gasteiger partial charge in [0, 0.05) is 26.0 Å². The lowest BCUT2D eigenvalue weighted by Crippen LogP contribution is -2.29. The van der Waals surface area contributed by atoms with Crippen LogP contribution in [-0.2, 0) is 20.1 Å². The first-order chi connectivity index (χ1) is 13.8. The van der Waals surface area contributed by atoms with Crippen molar-refractivity contribution in [3.05, 3.63) is 63.6 Å². The smallest absolute Gasteiger partial charge is 0.321 e. The molecule has 2 heterocycles. The van der Waals surface area contributed by atoms with Gasteiger partial charge >= 0.3 is 6.03 Å². The van der Waals surface area contributed by atoms with Gasteiger partial charge < -0.3 is 10.2 Å². The van der Waals surface area contributed by atoms with Crippen LogP contribution >= 0.6 is 22.9 Å². The first kappa shape index (κ1) is 20.7. The molecule has 0 spiro atoms. The van der Waals surface area contributed by atoms with Crippen LogP contribution in [0.1, 0.15) is 21.7 Å². The lowest BCUT2D eigenvalue weighted by Gasteiger charge is -2.16. The van der Waals surface area contributed by atoms with Gasteiger partial charge in [-0.05, 0) is 17.7 Å². The van der Waals surface area contributed by atoms with E-state index in [1.165, 1.54) is 39.2 Å². The van der Waals surface area contributed by atoms with Gasteiger partial charge in [0.25, 0.3) is 5.91 Å². The molecule has 2 N–H and O–H groups in total. The number of aryl methyl sites for hydroxylation is 1. The Bertz CT molecular complexity index is 1020. The summed E-state index contributed by atoms with van der Waals surface area (Å²) in [6.07, 6.45) is 1.41. The summed E-state index contributed by atoms with van der Waals surface area (Å²) in [5.41, 5.74) is 1.55. The number of rotatable bonds is 6. The van der Waals surface area contributed by atoms with Gasteiger partial charge in [0.15, 0.2) is 5.13 Å². The van der Waals surface area contributed by atoms with Crippen LogP contribution in [0.2, 0.25) is 5.02 Å². The van der Waals surface area contributed by atoms with E-state index in [0.717, 1.165) is 0 Å². The zero-order chi connectivity index (χ0) is 21.0. The first-order valence-electron chi connectivity index (χ1n) is 8.50. The zero-order valence-electron chi connectivity index (χ0n) is 15.6.